The summed E-state index contributed by atoms with van der Waals surface area (Å²) in [6.45, 7) is 0.745. The van der Waals surface area contributed by atoms with Crippen molar-refractivity contribution in [3.8, 4) is 0 Å². The topological polar surface area (TPSA) is 37.4 Å². The number of nitrogens with zero attached hydrogens (tertiary/aromatic N) is 1. The summed E-state index contributed by atoms with van der Waals surface area (Å²) in [5.74, 6) is 1.11. The lowest BCUT2D eigenvalue weighted by molar-refractivity contribution is 0.177. The number of hydrogen-bond donors (Lipinski definition) is 0. The highest BCUT2D eigenvalue weighted by Gasteiger charge is 2.50. The Balaban J connectivity index is 1.75. The fourth-order valence-electron chi connectivity index (χ4n) is 4.08. The van der Waals surface area contributed by atoms with Crippen molar-refractivity contribution in [2.45, 2.75) is 43.4 Å². The number of sulfonamides is 1. The maximum Gasteiger partial charge on any atom is 0.217 e. The first-order valence-electron chi connectivity index (χ1n) is 7.72. The fraction of sp³-hybridized carbons (Fsp3) is 0.625. The monoisotopic (exact) mass is 291 g/mol. The standard InChI is InChI=1S/C16H21NO2S/c18-20(19,15-8-9-15)17-11-12-6-7-14(10-12)16(17)13-4-2-1-3-5-13/h1-5,12,14-16H,6-11H2/t12-,14-,16+/m0/s1. The lowest BCUT2D eigenvalue weighted by Crippen LogP contribution is -2.44. The Morgan fingerprint density at radius 2 is 1.75 bits per heavy atom. The van der Waals surface area contributed by atoms with Crippen LogP contribution in [0.15, 0.2) is 30.3 Å². The van der Waals surface area contributed by atoms with Gasteiger partial charge in [-0.3, -0.25) is 0 Å². The molecule has 0 aromatic heterocycles. The predicted molar refractivity (Wildman–Crippen MR) is 78.7 cm³/mol. The Labute approximate surface area is 121 Å². The maximum atomic E-state index is 12.8. The van der Waals surface area contributed by atoms with Crippen LogP contribution >= 0.6 is 0 Å². The molecule has 0 N–H and O–H groups in total. The minimum Gasteiger partial charge on any atom is -0.212 e. The molecule has 0 amide bonds. The molecule has 20 heavy (non-hydrogen) atoms. The predicted octanol–water partition coefficient (Wildman–Crippen LogP) is 2.95. The van der Waals surface area contributed by atoms with Gasteiger partial charge in [-0.25, -0.2) is 8.42 Å². The first-order chi connectivity index (χ1) is 9.66. The highest BCUT2D eigenvalue weighted by molar-refractivity contribution is 7.90. The van der Waals surface area contributed by atoms with Crippen LogP contribution in [0.3, 0.4) is 0 Å². The molecule has 0 radical (unpaired) electrons. The first kappa shape index (κ1) is 12.8. The van der Waals surface area contributed by atoms with Gasteiger partial charge in [-0.1, -0.05) is 30.3 Å². The number of piperidine rings is 1. The second-order valence-electron chi connectivity index (χ2n) is 6.61. The molecule has 4 heteroatoms. The average Bonchev–Trinajstić information content (AvgIpc) is 3.25. The van der Waals surface area contributed by atoms with E-state index in [9.17, 15) is 8.42 Å². The summed E-state index contributed by atoms with van der Waals surface area (Å²) < 4.78 is 27.4. The fourth-order valence-corrected chi connectivity index (χ4v) is 6.22. The smallest absolute Gasteiger partial charge is 0.212 e. The van der Waals surface area contributed by atoms with Crippen LogP contribution in [0.2, 0.25) is 0 Å². The molecular formula is C16H21NO2S. The molecule has 3 atom stereocenters. The quantitative estimate of drug-likeness (QED) is 0.858. The normalized spacial score (nSPS) is 34.3. The Morgan fingerprint density at radius 1 is 1.00 bits per heavy atom. The van der Waals surface area contributed by atoms with E-state index < -0.39 is 10.0 Å². The van der Waals surface area contributed by atoms with Gasteiger partial charge >= 0.3 is 0 Å². The molecule has 0 unspecified atom stereocenters. The highest BCUT2D eigenvalue weighted by atomic mass is 32.2. The van der Waals surface area contributed by atoms with Crippen LogP contribution < -0.4 is 0 Å². The summed E-state index contributed by atoms with van der Waals surface area (Å²) in [5.41, 5.74) is 1.18. The van der Waals surface area contributed by atoms with Crippen molar-refractivity contribution in [2.24, 2.45) is 11.8 Å². The van der Waals surface area contributed by atoms with Crippen LogP contribution in [0.4, 0.5) is 0 Å². The van der Waals surface area contributed by atoms with E-state index in [2.05, 4.69) is 12.1 Å². The largest absolute Gasteiger partial charge is 0.217 e. The van der Waals surface area contributed by atoms with Crippen molar-refractivity contribution >= 4 is 10.0 Å². The molecule has 1 heterocycles. The van der Waals surface area contributed by atoms with Crippen LogP contribution in [0.1, 0.15) is 43.7 Å². The van der Waals surface area contributed by atoms with Crippen LogP contribution in [0.25, 0.3) is 0 Å². The van der Waals surface area contributed by atoms with Gasteiger partial charge in [0.15, 0.2) is 0 Å². The molecule has 1 aliphatic heterocycles. The van der Waals surface area contributed by atoms with E-state index >= 15 is 0 Å². The third-order valence-corrected chi connectivity index (χ3v) is 7.53. The molecule has 2 aliphatic carbocycles. The summed E-state index contributed by atoms with van der Waals surface area (Å²) in [6, 6.07) is 10.3. The van der Waals surface area contributed by atoms with E-state index in [-0.39, 0.29) is 11.3 Å². The van der Waals surface area contributed by atoms with Crippen molar-refractivity contribution in [1.82, 2.24) is 4.31 Å². The first-order valence-corrected chi connectivity index (χ1v) is 9.22. The van der Waals surface area contributed by atoms with Crippen LogP contribution in [0.5, 0.6) is 0 Å². The zero-order valence-electron chi connectivity index (χ0n) is 11.6. The zero-order chi connectivity index (χ0) is 13.7. The van der Waals surface area contributed by atoms with Crippen LogP contribution in [-0.2, 0) is 10.0 Å². The summed E-state index contributed by atoms with van der Waals surface area (Å²) in [6.07, 6.45) is 5.30. The second-order valence-corrected chi connectivity index (χ2v) is 8.77. The van der Waals surface area contributed by atoms with E-state index in [1.165, 1.54) is 24.8 Å². The molecule has 3 aliphatic rings. The summed E-state index contributed by atoms with van der Waals surface area (Å²) in [7, 11) is -3.08. The van der Waals surface area contributed by atoms with Gasteiger partial charge in [-0.15, -0.1) is 0 Å². The maximum absolute atomic E-state index is 12.8. The Bertz CT molecular complexity index is 594. The molecule has 3 nitrogen and oxygen atoms in total. The van der Waals surface area contributed by atoms with Crippen molar-refractivity contribution < 1.29 is 8.42 Å². The van der Waals surface area contributed by atoms with E-state index in [1.807, 2.05) is 22.5 Å². The van der Waals surface area contributed by atoms with Gasteiger partial charge in [0.2, 0.25) is 10.0 Å². The van der Waals surface area contributed by atoms with Gasteiger partial charge in [0.05, 0.1) is 11.3 Å². The minimum atomic E-state index is -3.08. The second kappa shape index (κ2) is 4.57. The van der Waals surface area contributed by atoms with Crippen molar-refractivity contribution in [2.75, 3.05) is 6.54 Å². The molecule has 1 aromatic rings. The minimum absolute atomic E-state index is 0.0838. The highest BCUT2D eigenvalue weighted by Crippen LogP contribution is 2.50. The molecule has 0 spiro atoms. The van der Waals surface area contributed by atoms with Gasteiger partial charge in [-0.05, 0) is 49.5 Å². The summed E-state index contributed by atoms with van der Waals surface area (Å²) in [4.78, 5) is 0. The van der Waals surface area contributed by atoms with Crippen molar-refractivity contribution in [1.29, 1.82) is 0 Å². The number of hydrogen-bond acceptors (Lipinski definition) is 2. The Kier molecular flexibility index (Phi) is 2.93. The van der Waals surface area contributed by atoms with E-state index in [0.29, 0.717) is 11.8 Å². The number of benzene rings is 1. The van der Waals surface area contributed by atoms with Gasteiger partial charge in [0, 0.05) is 6.54 Å². The molecule has 1 aromatic carbocycles. The molecule has 4 rings (SSSR count). The number of fused-ring (bicyclic) bond motifs is 2. The van der Waals surface area contributed by atoms with E-state index in [4.69, 9.17) is 0 Å². The van der Waals surface area contributed by atoms with Crippen molar-refractivity contribution in [3.63, 3.8) is 0 Å². The zero-order valence-corrected chi connectivity index (χ0v) is 12.4. The third kappa shape index (κ3) is 2.01. The van der Waals surface area contributed by atoms with Crippen molar-refractivity contribution in [3.05, 3.63) is 35.9 Å². The molecule has 2 bridgehead atoms. The SMILES string of the molecule is O=S(=O)(C1CC1)N1C[C@H]2CC[C@@H](C2)[C@H]1c1ccccc1. The lowest BCUT2D eigenvalue weighted by Gasteiger charge is -2.39. The molecule has 108 valence electrons. The van der Waals surface area contributed by atoms with E-state index in [1.54, 1.807) is 0 Å². The van der Waals surface area contributed by atoms with Gasteiger partial charge in [0.25, 0.3) is 0 Å². The Morgan fingerprint density at radius 3 is 2.45 bits per heavy atom. The molecule has 3 fully saturated rings. The van der Waals surface area contributed by atoms with Crippen LogP contribution in [0, 0.1) is 11.8 Å². The van der Waals surface area contributed by atoms with Crippen LogP contribution in [-0.4, -0.2) is 24.5 Å². The Hall–Kier alpha value is -0.870. The molecule has 2 saturated carbocycles. The third-order valence-electron chi connectivity index (χ3n) is 5.19. The van der Waals surface area contributed by atoms with Gasteiger partial charge < -0.3 is 0 Å². The summed E-state index contributed by atoms with van der Waals surface area (Å²) >= 11 is 0. The average molecular weight is 291 g/mol. The number of rotatable bonds is 3. The lowest BCUT2D eigenvalue weighted by atomic mass is 9.88. The molecule has 1 saturated heterocycles. The van der Waals surface area contributed by atoms with Gasteiger partial charge in [0.1, 0.15) is 0 Å². The molecular weight excluding hydrogens is 270 g/mol. The summed E-state index contributed by atoms with van der Waals surface area (Å²) in [5, 5.41) is -0.0915. The van der Waals surface area contributed by atoms with E-state index in [0.717, 1.165) is 19.4 Å². The van der Waals surface area contributed by atoms with Gasteiger partial charge in [-0.2, -0.15) is 4.31 Å².